The van der Waals surface area contributed by atoms with Crippen molar-refractivity contribution in [3.05, 3.63) is 0 Å². The molecule has 0 heterocycles. The van der Waals surface area contributed by atoms with Crippen LogP contribution in [0.5, 0.6) is 0 Å². The molecule has 0 aromatic rings. The Hall–Kier alpha value is -3.26. The lowest BCUT2D eigenvalue weighted by Gasteiger charge is -2.26. The van der Waals surface area contributed by atoms with E-state index in [1.54, 1.807) is 13.8 Å². The molecule has 0 spiro atoms. The van der Waals surface area contributed by atoms with Gasteiger partial charge < -0.3 is 43.4 Å². The van der Waals surface area contributed by atoms with E-state index in [4.69, 9.17) is 22.3 Å². The second-order valence-corrected chi connectivity index (χ2v) is 7.95. The Labute approximate surface area is 191 Å². The maximum Gasteiger partial charge on any atom is 0.326 e. The Morgan fingerprint density at radius 2 is 1.18 bits per heavy atom. The summed E-state index contributed by atoms with van der Waals surface area (Å²) in [4.78, 5) is 71.0. The first-order valence-electron chi connectivity index (χ1n) is 10.3. The summed E-state index contributed by atoms with van der Waals surface area (Å²) in [5.74, 6) is -5.47. The van der Waals surface area contributed by atoms with E-state index in [1.165, 1.54) is 0 Å². The first kappa shape index (κ1) is 29.7. The van der Waals surface area contributed by atoms with Crippen LogP contribution in [0.1, 0.15) is 46.0 Å². The summed E-state index contributed by atoms with van der Waals surface area (Å²) in [5.41, 5.74) is 15.6. The number of carbonyl (C=O) groups excluding carboxylic acids is 5. The quantitative estimate of drug-likeness (QED) is 0.110. The summed E-state index contributed by atoms with van der Waals surface area (Å²) < 4.78 is 0. The minimum Gasteiger partial charge on any atom is -0.480 e. The van der Waals surface area contributed by atoms with Crippen LogP contribution in [-0.2, 0) is 28.8 Å². The van der Waals surface area contributed by atoms with Crippen molar-refractivity contribution in [2.75, 3.05) is 6.61 Å². The normalized spacial score (nSPS) is 14.5. The van der Waals surface area contributed by atoms with E-state index < -0.39 is 66.3 Å². The fourth-order valence-electron chi connectivity index (χ4n) is 2.71. The zero-order chi connectivity index (χ0) is 25.7. The molecule has 188 valence electrons. The Kier molecular flexibility index (Phi) is 13.3. The highest BCUT2D eigenvalue weighted by Gasteiger charge is 2.31. The Bertz CT molecular complexity index is 729. The summed E-state index contributed by atoms with van der Waals surface area (Å²) in [6, 6.07) is -5.21. The summed E-state index contributed by atoms with van der Waals surface area (Å²) in [7, 11) is 0. The number of carboxylic acids is 1. The van der Waals surface area contributed by atoms with Crippen LogP contribution in [-0.4, -0.2) is 76.5 Å². The molecule has 4 atom stereocenters. The number of primary amides is 2. The number of hydrogen-bond donors (Lipinski definition) is 8. The van der Waals surface area contributed by atoms with Gasteiger partial charge in [0.2, 0.25) is 29.5 Å². The minimum absolute atomic E-state index is 0.101. The molecule has 0 saturated heterocycles. The highest BCUT2D eigenvalue weighted by atomic mass is 16.4. The number of amides is 5. The average molecular weight is 475 g/mol. The molecule has 4 unspecified atom stereocenters. The van der Waals surface area contributed by atoms with Crippen LogP contribution in [0.15, 0.2) is 0 Å². The standard InChI is InChI=1S/C19H34N6O8/c1-9(2)7-13(18(31)24-12(19(32)33)4-6-15(22)28)25-17(30)11(3-5-14(21)27)23-16(29)10(20)8-26/h9-13,26H,3-8,20H2,1-2H3,(H2,21,27)(H2,22,28)(H,23,29)(H,24,31)(H,25,30)(H,32,33). The smallest absolute Gasteiger partial charge is 0.326 e. The van der Waals surface area contributed by atoms with E-state index in [2.05, 4.69) is 16.0 Å². The number of rotatable bonds is 16. The predicted octanol–water partition coefficient (Wildman–Crippen LogP) is -3.58. The SMILES string of the molecule is CC(C)CC(NC(=O)C(CCC(N)=O)NC(=O)C(N)CO)C(=O)NC(CCC(N)=O)C(=O)O. The van der Waals surface area contributed by atoms with Gasteiger partial charge in [0, 0.05) is 12.8 Å². The molecule has 0 aromatic carbocycles. The highest BCUT2D eigenvalue weighted by Crippen LogP contribution is 2.08. The van der Waals surface area contributed by atoms with Gasteiger partial charge in [0.05, 0.1) is 6.61 Å². The lowest BCUT2D eigenvalue weighted by Crippen LogP contribution is -2.57. The third kappa shape index (κ3) is 12.4. The fourth-order valence-corrected chi connectivity index (χ4v) is 2.71. The Balaban J connectivity index is 5.51. The molecule has 14 heteroatoms. The third-order valence-corrected chi connectivity index (χ3v) is 4.48. The van der Waals surface area contributed by atoms with Gasteiger partial charge >= 0.3 is 5.97 Å². The molecule has 0 aliphatic rings. The molecule has 0 radical (unpaired) electrons. The second kappa shape index (κ2) is 14.7. The van der Waals surface area contributed by atoms with Gasteiger partial charge in [0.25, 0.3) is 0 Å². The van der Waals surface area contributed by atoms with Crippen molar-refractivity contribution in [1.29, 1.82) is 0 Å². The van der Waals surface area contributed by atoms with Crippen LogP contribution < -0.4 is 33.2 Å². The molecule has 0 fully saturated rings. The van der Waals surface area contributed by atoms with Crippen LogP contribution >= 0.6 is 0 Å². The molecule has 0 rings (SSSR count). The number of carbonyl (C=O) groups is 6. The van der Waals surface area contributed by atoms with Gasteiger partial charge in [0.1, 0.15) is 24.2 Å². The minimum atomic E-state index is -1.41. The number of nitrogens with one attached hydrogen (secondary N) is 3. The van der Waals surface area contributed by atoms with Gasteiger partial charge in [-0.05, 0) is 25.2 Å². The molecule has 14 nitrogen and oxygen atoms in total. The van der Waals surface area contributed by atoms with Gasteiger partial charge in [-0.25, -0.2) is 4.79 Å². The number of aliphatic hydroxyl groups excluding tert-OH is 1. The van der Waals surface area contributed by atoms with Gasteiger partial charge in [-0.1, -0.05) is 13.8 Å². The fraction of sp³-hybridized carbons (Fsp3) is 0.684. The summed E-state index contributed by atoms with van der Waals surface area (Å²) in [6.07, 6.45) is -0.855. The Morgan fingerprint density at radius 1 is 0.758 bits per heavy atom. The zero-order valence-electron chi connectivity index (χ0n) is 18.7. The maximum absolute atomic E-state index is 12.8. The van der Waals surface area contributed by atoms with Gasteiger partial charge in [-0.3, -0.25) is 24.0 Å². The second-order valence-electron chi connectivity index (χ2n) is 7.95. The van der Waals surface area contributed by atoms with Crippen LogP contribution in [0.3, 0.4) is 0 Å². The van der Waals surface area contributed by atoms with E-state index in [-0.39, 0.29) is 38.0 Å². The van der Waals surface area contributed by atoms with Gasteiger partial charge in [-0.2, -0.15) is 0 Å². The van der Waals surface area contributed by atoms with Crippen molar-refractivity contribution >= 4 is 35.5 Å². The molecule has 0 bridgehead atoms. The average Bonchev–Trinajstić information content (AvgIpc) is 2.71. The molecule has 0 aliphatic heterocycles. The number of aliphatic carboxylic acids is 1. The van der Waals surface area contributed by atoms with E-state index in [9.17, 15) is 33.9 Å². The topological polar surface area (TPSA) is 257 Å². The van der Waals surface area contributed by atoms with Crippen molar-refractivity contribution in [3.8, 4) is 0 Å². The van der Waals surface area contributed by atoms with E-state index >= 15 is 0 Å². The van der Waals surface area contributed by atoms with Crippen molar-refractivity contribution in [2.24, 2.45) is 23.1 Å². The summed E-state index contributed by atoms with van der Waals surface area (Å²) >= 11 is 0. The maximum atomic E-state index is 12.8. The van der Waals surface area contributed by atoms with E-state index in [1.807, 2.05) is 0 Å². The third-order valence-electron chi connectivity index (χ3n) is 4.48. The predicted molar refractivity (Wildman–Crippen MR) is 115 cm³/mol. The molecule has 33 heavy (non-hydrogen) atoms. The van der Waals surface area contributed by atoms with Gasteiger partial charge in [-0.15, -0.1) is 0 Å². The largest absolute Gasteiger partial charge is 0.480 e. The van der Waals surface area contributed by atoms with Crippen molar-refractivity contribution in [2.45, 2.75) is 70.1 Å². The number of aliphatic hydroxyl groups is 1. The molecule has 11 N–H and O–H groups in total. The molecular formula is C19H34N6O8. The van der Waals surface area contributed by atoms with Crippen LogP contribution in [0.25, 0.3) is 0 Å². The summed E-state index contributed by atoms with van der Waals surface area (Å²) in [5, 5.41) is 25.3. The Morgan fingerprint density at radius 3 is 1.61 bits per heavy atom. The first-order valence-corrected chi connectivity index (χ1v) is 10.3. The van der Waals surface area contributed by atoms with E-state index in [0.29, 0.717) is 0 Å². The first-order chi connectivity index (χ1) is 15.3. The van der Waals surface area contributed by atoms with Gasteiger partial charge in [0.15, 0.2) is 0 Å². The van der Waals surface area contributed by atoms with Crippen molar-refractivity contribution in [3.63, 3.8) is 0 Å². The summed E-state index contributed by atoms with van der Waals surface area (Å²) in [6.45, 7) is 2.85. The van der Waals surface area contributed by atoms with E-state index in [0.717, 1.165) is 0 Å². The molecule has 0 aromatic heterocycles. The molecule has 0 aliphatic carbocycles. The highest BCUT2D eigenvalue weighted by molar-refractivity contribution is 5.94. The molecule has 0 saturated carbocycles. The lowest BCUT2D eigenvalue weighted by molar-refractivity contribution is -0.142. The van der Waals surface area contributed by atoms with Crippen LogP contribution in [0, 0.1) is 5.92 Å². The number of hydrogen-bond acceptors (Lipinski definition) is 8. The zero-order valence-corrected chi connectivity index (χ0v) is 18.7. The lowest BCUT2D eigenvalue weighted by atomic mass is 10.0. The number of nitrogens with two attached hydrogens (primary N) is 3. The van der Waals surface area contributed by atoms with Crippen molar-refractivity contribution in [1.82, 2.24) is 16.0 Å². The number of carboxylic acid groups (broad SMARTS) is 1. The van der Waals surface area contributed by atoms with Crippen LogP contribution in [0.2, 0.25) is 0 Å². The molecule has 5 amide bonds. The van der Waals surface area contributed by atoms with Crippen molar-refractivity contribution < 1.29 is 39.0 Å². The van der Waals surface area contributed by atoms with Crippen LogP contribution in [0.4, 0.5) is 0 Å². The molecular weight excluding hydrogens is 440 g/mol. The monoisotopic (exact) mass is 474 g/mol.